The molecule has 1 aromatic carbocycles. The first-order chi connectivity index (χ1) is 14.5. The zero-order valence-corrected chi connectivity index (χ0v) is 21.7. The Morgan fingerprint density at radius 3 is 1.81 bits per heavy atom. The van der Waals surface area contributed by atoms with Crippen molar-refractivity contribution in [1.82, 2.24) is 4.98 Å². The fourth-order valence-electron chi connectivity index (χ4n) is 6.12. The summed E-state index contributed by atoms with van der Waals surface area (Å²) in [5.41, 5.74) is 2.16. The van der Waals surface area contributed by atoms with Crippen LogP contribution in [0.4, 0.5) is 0 Å². The van der Waals surface area contributed by atoms with E-state index in [4.69, 9.17) is 0 Å². The Bertz CT molecular complexity index is 709. The number of benzene rings is 1. The topological polar surface area (TPSA) is 53.4 Å². The maximum atomic E-state index is 10.7. The number of hydrogen-bond acceptors (Lipinski definition) is 3. The SMILES string of the molecule is CCC1(CC)CC2CC(CC)(CC)C(O)C2C1O.[Ir].[c-]1ccccc1-c1ccccn1. The second kappa shape index (κ2) is 11.2. The van der Waals surface area contributed by atoms with Crippen LogP contribution in [0.2, 0.25) is 0 Å². The molecule has 1 heterocycles. The Morgan fingerprint density at radius 2 is 1.42 bits per heavy atom. The summed E-state index contributed by atoms with van der Waals surface area (Å²) in [5, 5.41) is 21.5. The quantitative estimate of drug-likeness (QED) is 0.420. The third-order valence-electron chi connectivity index (χ3n) is 8.33. The first-order valence-corrected chi connectivity index (χ1v) is 11.7. The van der Waals surface area contributed by atoms with E-state index in [1.165, 1.54) is 0 Å². The Kier molecular flexibility index (Phi) is 9.45. The van der Waals surface area contributed by atoms with Gasteiger partial charge in [0.05, 0.1) is 12.2 Å². The molecule has 2 atom stereocenters. The fraction of sp³-hybridized carbons (Fsp3) is 0.593. The molecule has 4 rings (SSSR count). The van der Waals surface area contributed by atoms with E-state index in [1.807, 2.05) is 42.5 Å². The minimum Gasteiger partial charge on any atom is -0.392 e. The van der Waals surface area contributed by atoms with Crippen molar-refractivity contribution < 1.29 is 30.3 Å². The number of fused-ring (bicyclic) bond motifs is 1. The van der Waals surface area contributed by atoms with Crippen LogP contribution in [0.5, 0.6) is 0 Å². The molecular formula is C27H38IrNO2-. The minimum absolute atomic E-state index is 0. The average Bonchev–Trinajstić information content (AvgIpc) is 3.25. The van der Waals surface area contributed by atoms with Crippen molar-refractivity contribution >= 4 is 0 Å². The van der Waals surface area contributed by atoms with Gasteiger partial charge in [-0.25, -0.2) is 0 Å². The van der Waals surface area contributed by atoms with E-state index < -0.39 is 0 Å². The number of aliphatic hydroxyl groups excluding tert-OH is 2. The molecule has 2 aliphatic rings. The van der Waals surface area contributed by atoms with E-state index in [1.54, 1.807) is 6.20 Å². The summed E-state index contributed by atoms with van der Waals surface area (Å²) in [6.45, 7) is 8.75. The molecule has 31 heavy (non-hydrogen) atoms. The molecule has 2 aromatic rings. The third-order valence-corrected chi connectivity index (χ3v) is 8.33. The maximum Gasteiger partial charge on any atom is 0.0651 e. The van der Waals surface area contributed by atoms with Crippen molar-refractivity contribution in [1.29, 1.82) is 0 Å². The van der Waals surface area contributed by atoms with Crippen molar-refractivity contribution in [3.05, 3.63) is 54.7 Å². The molecule has 0 aliphatic heterocycles. The standard InChI is InChI=1S/C16H30O2.C11H8N.Ir/c1-5-15(6-2)9-11-10-16(7-3,8-4)14(18)12(11)13(15)17;1-2-6-10(7-3-1)11-8-4-5-9-12-11;/h11-14,17-18H,5-10H2,1-4H3;1-6,8-9H;/q;-1;. The summed E-state index contributed by atoms with van der Waals surface area (Å²) in [6, 6.07) is 16.8. The van der Waals surface area contributed by atoms with E-state index in [-0.39, 0.29) is 49.1 Å². The van der Waals surface area contributed by atoms with Gasteiger partial charge >= 0.3 is 0 Å². The van der Waals surface area contributed by atoms with Crippen molar-refractivity contribution in [2.24, 2.45) is 22.7 Å². The first-order valence-electron chi connectivity index (χ1n) is 11.7. The van der Waals surface area contributed by atoms with Crippen LogP contribution < -0.4 is 0 Å². The molecule has 1 aromatic heterocycles. The first kappa shape index (κ1) is 26.2. The van der Waals surface area contributed by atoms with E-state index in [0.29, 0.717) is 5.92 Å². The number of aliphatic hydroxyl groups is 2. The van der Waals surface area contributed by atoms with Crippen molar-refractivity contribution in [3.63, 3.8) is 0 Å². The molecule has 3 nitrogen and oxygen atoms in total. The van der Waals surface area contributed by atoms with Crippen LogP contribution in [0.3, 0.4) is 0 Å². The van der Waals surface area contributed by atoms with Gasteiger partial charge in [0, 0.05) is 32.2 Å². The van der Waals surface area contributed by atoms with Crippen molar-refractivity contribution in [3.8, 4) is 11.3 Å². The largest absolute Gasteiger partial charge is 0.392 e. The van der Waals surface area contributed by atoms with Crippen LogP contribution in [0.15, 0.2) is 48.7 Å². The van der Waals surface area contributed by atoms with Crippen LogP contribution in [0, 0.1) is 28.7 Å². The summed E-state index contributed by atoms with van der Waals surface area (Å²) in [4.78, 5) is 4.22. The summed E-state index contributed by atoms with van der Waals surface area (Å²) in [6.07, 6.45) is 7.57. The molecule has 2 fully saturated rings. The predicted molar refractivity (Wildman–Crippen MR) is 123 cm³/mol. The van der Waals surface area contributed by atoms with Crippen molar-refractivity contribution in [2.45, 2.75) is 78.4 Å². The number of hydrogen-bond donors (Lipinski definition) is 2. The number of rotatable bonds is 5. The Balaban J connectivity index is 0.000000229. The molecular weight excluding hydrogens is 563 g/mol. The van der Waals surface area contributed by atoms with Crippen LogP contribution in [0.1, 0.15) is 66.2 Å². The molecule has 4 heteroatoms. The zero-order valence-electron chi connectivity index (χ0n) is 19.3. The molecule has 0 amide bonds. The van der Waals surface area contributed by atoms with E-state index in [0.717, 1.165) is 49.8 Å². The normalized spacial score (nSPS) is 27.5. The summed E-state index contributed by atoms with van der Waals surface area (Å²) >= 11 is 0. The number of nitrogens with zero attached hydrogens (tertiary/aromatic N) is 1. The van der Waals surface area contributed by atoms with Gasteiger partial charge in [0.2, 0.25) is 0 Å². The molecule has 2 aliphatic carbocycles. The Morgan fingerprint density at radius 1 is 0.871 bits per heavy atom. The van der Waals surface area contributed by atoms with Gasteiger partial charge in [0.25, 0.3) is 0 Å². The number of aromatic nitrogens is 1. The van der Waals surface area contributed by atoms with Gasteiger partial charge in [-0.1, -0.05) is 39.8 Å². The minimum atomic E-state index is -0.299. The summed E-state index contributed by atoms with van der Waals surface area (Å²) in [5.74, 6) is 0.666. The van der Waals surface area contributed by atoms with E-state index in [9.17, 15) is 10.2 Å². The maximum absolute atomic E-state index is 10.7. The van der Waals surface area contributed by atoms with Gasteiger partial charge in [-0.15, -0.1) is 35.9 Å². The molecule has 0 bridgehead atoms. The van der Waals surface area contributed by atoms with Gasteiger partial charge in [0.15, 0.2) is 0 Å². The molecule has 0 spiro atoms. The average molecular weight is 601 g/mol. The van der Waals surface area contributed by atoms with Crippen LogP contribution in [-0.4, -0.2) is 27.4 Å². The molecule has 1 radical (unpaired) electrons. The van der Waals surface area contributed by atoms with Crippen LogP contribution in [0.25, 0.3) is 11.3 Å². The van der Waals surface area contributed by atoms with Gasteiger partial charge in [0.1, 0.15) is 0 Å². The number of pyridine rings is 1. The Labute approximate surface area is 202 Å². The monoisotopic (exact) mass is 601 g/mol. The van der Waals surface area contributed by atoms with E-state index >= 15 is 0 Å². The fourth-order valence-corrected chi connectivity index (χ4v) is 6.12. The smallest absolute Gasteiger partial charge is 0.0651 e. The second-order valence-electron chi connectivity index (χ2n) is 9.27. The molecule has 2 saturated carbocycles. The molecule has 2 N–H and O–H groups in total. The van der Waals surface area contributed by atoms with Crippen molar-refractivity contribution in [2.75, 3.05) is 0 Å². The Hall–Kier alpha value is -1.06. The van der Waals surface area contributed by atoms with Gasteiger partial charge < -0.3 is 15.2 Å². The second-order valence-corrected chi connectivity index (χ2v) is 9.27. The molecule has 0 saturated heterocycles. The van der Waals surface area contributed by atoms with Gasteiger partial charge in [-0.05, 0) is 67.0 Å². The zero-order chi connectivity index (χ0) is 21.8. The predicted octanol–water partition coefficient (Wildman–Crippen LogP) is 5.91. The molecule has 173 valence electrons. The van der Waals surface area contributed by atoms with Gasteiger partial charge in [-0.2, -0.15) is 0 Å². The summed E-state index contributed by atoms with van der Waals surface area (Å²) < 4.78 is 0. The van der Waals surface area contributed by atoms with Crippen LogP contribution >= 0.6 is 0 Å². The van der Waals surface area contributed by atoms with Crippen LogP contribution in [-0.2, 0) is 20.1 Å². The van der Waals surface area contributed by atoms with Gasteiger partial charge in [-0.3, -0.25) is 0 Å². The third kappa shape index (κ3) is 4.98. The summed E-state index contributed by atoms with van der Waals surface area (Å²) in [7, 11) is 0. The molecule has 2 unspecified atom stereocenters. The van der Waals surface area contributed by atoms with E-state index in [2.05, 4.69) is 38.7 Å².